The van der Waals surface area contributed by atoms with Crippen molar-refractivity contribution in [1.29, 1.82) is 0 Å². The minimum atomic E-state index is -0.525. The molecule has 1 aliphatic heterocycles. The standard InChI is InChI=1S/C23H21FN4O2/c24-20-14-17(5-8-21(20)30-19-4-3-11-25-16-19)6-10-23(29)27-18-7-9-22(26-15-18)28-12-1-2-13-28/h3-11,14-16H,1-2,12-13H2,(H,27,29)/b10-6+. The second kappa shape index (κ2) is 9.17. The van der Waals surface area contributed by atoms with E-state index < -0.39 is 5.82 Å². The molecule has 4 rings (SSSR count). The van der Waals surface area contributed by atoms with Gasteiger partial charge in [0, 0.05) is 25.4 Å². The fourth-order valence-corrected chi connectivity index (χ4v) is 3.19. The maximum Gasteiger partial charge on any atom is 0.248 e. The van der Waals surface area contributed by atoms with Crippen molar-refractivity contribution in [2.75, 3.05) is 23.3 Å². The monoisotopic (exact) mass is 404 g/mol. The summed E-state index contributed by atoms with van der Waals surface area (Å²) in [6.45, 7) is 2.04. The Morgan fingerprint density at radius 3 is 2.70 bits per heavy atom. The summed E-state index contributed by atoms with van der Waals surface area (Å²) in [5.41, 5.74) is 1.16. The number of ether oxygens (including phenoxy) is 1. The van der Waals surface area contributed by atoms with Gasteiger partial charge in [-0.25, -0.2) is 9.37 Å². The Balaban J connectivity index is 1.35. The lowest BCUT2D eigenvalue weighted by atomic mass is 10.2. The van der Waals surface area contributed by atoms with Crippen molar-refractivity contribution in [1.82, 2.24) is 9.97 Å². The Bertz CT molecular complexity index is 1030. The second-order valence-corrected chi connectivity index (χ2v) is 6.90. The van der Waals surface area contributed by atoms with Crippen LogP contribution in [0.5, 0.6) is 11.5 Å². The molecule has 0 unspecified atom stereocenters. The number of carbonyl (C=O) groups excluding carboxylic acids is 1. The Labute approximate surface area is 174 Å². The average molecular weight is 404 g/mol. The lowest BCUT2D eigenvalue weighted by Gasteiger charge is -2.16. The van der Waals surface area contributed by atoms with Gasteiger partial charge in [-0.05, 0) is 60.9 Å². The number of nitrogens with one attached hydrogen (secondary N) is 1. The second-order valence-electron chi connectivity index (χ2n) is 6.90. The van der Waals surface area contributed by atoms with Crippen molar-refractivity contribution < 1.29 is 13.9 Å². The van der Waals surface area contributed by atoms with E-state index >= 15 is 0 Å². The van der Waals surface area contributed by atoms with Crippen LogP contribution >= 0.6 is 0 Å². The molecule has 3 heterocycles. The van der Waals surface area contributed by atoms with E-state index in [-0.39, 0.29) is 11.7 Å². The van der Waals surface area contributed by atoms with Crippen molar-refractivity contribution in [3.8, 4) is 11.5 Å². The smallest absolute Gasteiger partial charge is 0.248 e. The molecule has 1 aliphatic rings. The summed E-state index contributed by atoms with van der Waals surface area (Å²) in [5, 5.41) is 2.76. The molecule has 1 aromatic carbocycles. The number of hydrogen-bond donors (Lipinski definition) is 1. The predicted molar refractivity (Wildman–Crippen MR) is 114 cm³/mol. The fraction of sp³-hybridized carbons (Fsp3) is 0.174. The molecule has 0 spiro atoms. The number of amides is 1. The molecule has 3 aromatic rings. The number of rotatable bonds is 6. The van der Waals surface area contributed by atoms with Gasteiger partial charge in [-0.3, -0.25) is 9.78 Å². The van der Waals surface area contributed by atoms with Crippen LogP contribution < -0.4 is 15.0 Å². The first-order chi connectivity index (χ1) is 14.7. The van der Waals surface area contributed by atoms with Crippen LogP contribution in [0.1, 0.15) is 18.4 Å². The minimum Gasteiger partial charge on any atom is -0.453 e. The largest absolute Gasteiger partial charge is 0.453 e. The molecular formula is C23H21FN4O2. The molecule has 6 nitrogen and oxygen atoms in total. The summed E-state index contributed by atoms with van der Waals surface area (Å²) in [6.07, 6.45) is 10.0. The van der Waals surface area contributed by atoms with E-state index in [0.717, 1.165) is 18.9 Å². The fourth-order valence-electron chi connectivity index (χ4n) is 3.19. The van der Waals surface area contributed by atoms with Gasteiger partial charge in [-0.1, -0.05) is 6.07 Å². The number of pyridine rings is 2. The van der Waals surface area contributed by atoms with Crippen molar-refractivity contribution in [2.45, 2.75) is 12.8 Å². The molecule has 0 aliphatic carbocycles. The van der Waals surface area contributed by atoms with E-state index in [0.29, 0.717) is 17.0 Å². The molecule has 0 bridgehead atoms. The average Bonchev–Trinajstić information content (AvgIpc) is 3.30. The Kier molecular flexibility index (Phi) is 5.98. The SMILES string of the molecule is O=C(/C=C/c1ccc(Oc2cccnc2)c(F)c1)Nc1ccc(N2CCCC2)nc1. The Morgan fingerprint density at radius 1 is 1.13 bits per heavy atom. The van der Waals surface area contributed by atoms with Crippen LogP contribution in [0, 0.1) is 5.82 Å². The van der Waals surface area contributed by atoms with Crippen LogP contribution in [0.2, 0.25) is 0 Å². The van der Waals surface area contributed by atoms with Gasteiger partial charge in [0.2, 0.25) is 5.91 Å². The molecule has 0 saturated carbocycles. The topological polar surface area (TPSA) is 67.3 Å². The highest BCUT2D eigenvalue weighted by Crippen LogP contribution is 2.25. The summed E-state index contributed by atoms with van der Waals surface area (Å²) in [7, 11) is 0. The molecule has 1 saturated heterocycles. The number of hydrogen-bond acceptors (Lipinski definition) is 5. The molecule has 7 heteroatoms. The summed E-state index contributed by atoms with van der Waals surface area (Å²) in [5.74, 6) is 0.618. The maximum absolute atomic E-state index is 14.3. The van der Waals surface area contributed by atoms with Gasteiger partial charge < -0.3 is 15.0 Å². The third kappa shape index (κ3) is 5.00. The summed E-state index contributed by atoms with van der Waals surface area (Å²) < 4.78 is 19.7. The van der Waals surface area contributed by atoms with E-state index in [4.69, 9.17) is 4.74 Å². The molecule has 152 valence electrons. The van der Waals surface area contributed by atoms with Crippen LogP contribution in [0.15, 0.2) is 67.1 Å². The molecule has 2 aromatic heterocycles. The normalized spacial score (nSPS) is 13.6. The van der Waals surface area contributed by atoms with Gasteiger partial charge in [-0.2, -0.15) is 0 Å². The first-order valence-electron chi connectivity index (χ1n) is 9.75. The molecule has 0 radical (unpaired) electrons. The van der Waals surface area contributed by atoms with Crippen molar-refractivity contribution in [2.24, 2.45) is 0 Å². The van der Waals surface area contributed by atoms with Gasteiger partial charge in [0.15, 0.2) is 11.6 Å². The van der Waals surface area contributed by atoms with Gasteiger partial charge in [0.05, 0.1) is 18.1 Å². The third-order valence-corrected chi connectivity index (χ3v) is 4.69. The van der Waals surface area contributed by atoms with E-state index in [1.165, 1.54) is 43.3 Å². The third-order valence-electron chi connectivity index (χ3n) is 4.69. The number of halogens is 1. The molecule has 1 fully saturated rings. The zero-order valence-electron chi connectivity index (χ0n) is 16.3. The van der Waals surface area contributed by atoms with E-state index in [1.54, 1.807) is 30.6 Å². The van der Waals surface area contributed by atoms with Crippen LogP contribution in [0.3, 0.4) is 0 Å². The summed E-state index contributed by atoms with van der Waals surface area (Å²) in [4.78, 5) is 22.7. The zero-order valence-corrected chi connectivity index (χ0v) is 16.3. The van der Waals surface area contributed by atoms with Crippen molar-refractivity contribution in [3.05, 3.63) is 78.5 Å². The van der Waals surface area contributed by atoms with E-state index in [2.05, 4.69) is 20.2 Å². The quantitative estimate of drug-likeness (QED) is 0.605. The van der Waals surface area contributed by atoms with Gasteiger partial charge in [0.25, 0.3) is 0 Å². The summed E-state index contributed by atoms with van der Waals surface area (Å²) >= 11 is 0. The number of nitrogens with zero attached hydrogens (tertiary/aromatic N) is 3. The highest BCUT2D eigenvalue weighted by molar-refractivity contribution is 6.01. The maximum atomic E-state index is 14.3. The highest BCUT2D eigenvalue weighted by Gasteiger charge is 2.13. The lowest BCUT2D eigenvalue weighted by Crippen LogP contribution is -2.18. The molecule has 0 atom stereocenters. The van der Waals surface area contributed by atoms with Gasteiger partial charge >= 0.3 is 0 Å². The number of aromatic nitrogens is 2. The van der Waals surface area contributed by atoms with Crippen molar-refractivity contribution in [3.63, 3.8) is 0 Å². The van der Waals surface area contributed by atoms with Gasteiger partial charge in [0.1, 0.15) is 11.6 Å². The van der Waals surface area contributed by atoms with Crippen molar-refractivity contribution >= 4 is 23.5 Å². The zero-order chi connectivity index (χ0) is 20.8. The first kappa shape index (κ1) is 19.6. The van der Waals surface area contributed by atoms with Gasteiger partial charge in [-0.15, -0.1) is 0 Å². The number of anilines is 2. The van der Waals surface area contributed by atoms with E-state index in [1.807, 2.05) is 12.1 Å². The minimum absolute atomic E-state index is 0.0915. The van der Waals surface area contributed by atoms with Crippen LogP contribution in [-0.4, -0.2) is 29.0 Å². The molecule has 1 amide bonds. The lowest BCUT2D eigenvalue weighted by molar-refractivity contribution is -0.111. The molecule has 30 heavy (non-hydrogen) atoms. The molecular weight excluding hydrogens is 383 g/mol. The van der Waals surface area contributed by atoms with Crippen LogP contribution in [0.25, 0.3) is 6.08 Å². The number of benzene rings is 1. The predicted octanol–water partition coefficient (Wildman–Crippen LogP) is 4.66. The van der Waals surface area contributed by atoms with E-state index in [9.17, 15) is 9.18 Å². The number of carbonyl (C=O) groups is 1. The Morgan fingerprint density at radius 2 is 2.00 bits per heavy atom. The highest BCUT2D eigenvalue weighted by atomic mass is 19.1. The summed E-state index contributed by atoms with van der Waals surface area (Å²) in [6, 6.07) is 11.6. The Hall–Kier alpha value is -3.74. The molecule has 1 N–H and O–H groups in total. The van der Waals surface area contributed by atoms with Crippen LogP contribution in [0.4, 0.5) is 15.9 Å². The van der Waals surface area contributed by atoms with Crippen LogP contribution in [-0.2, 0) is 4.79 Å². The first-order valence-corrected chi connectivity index (χ1v) is 9.75.